The number of carbonyl (C=O) groups is 2. The van der Waals surface area contributed by atoms with Crippen LogP contribution in [0.15, 0.2) is 42.5 Å². The van der Waals surface area contributed by atoms with E-state index in [0.717, 1.165) is 29.0 Å². The molecule has 4 rings (SSSR count). The molecule has 0 bridgehead atoms. The molecule has 2 heterocycles. The summed E-state index contributed by atoms with van der Waals surface area (Å²) in [5.74, 6) is 0.582. The van der Waals surface area contributed by atoms with Gasteiger partial charge in [-0.25, -0.2) is 0 Å². The highest BCUT2D eigenvalue weighted by atomic mass is 16.5. The number of hydrogen-bond acceptors (Lipinski definition) is 3. The standard InChI is InChI=1S/C20H20N2O3/c1-21(2)19(23)14-7-8-17-13(11-14)9-10-22(17)20(24)16-12-25-18-6-4-3-5-15(16)18/h3-8,11,16H,9-10,12H2,1-2H3/t16-/m1/s1. The molecule has 0 unspecified atom stereocenters. The van der Waals surface area contributed by atoms with Crippen LogP contribution in [-0.2, 0) is 11.2 Å². The summed E-state index contributed by atoms with van der Waals surface area (Å²) in [6.07, 6.45) is 0.769. The maximum absolute atomic E-state index is 13.1. The Bertz CT molecular complexity index is 860. The first kappa shape index (κ1) is 15.7. The normalized spacial score (nSPS) is 17.7. The predicted octanol–water partition coefficient (Wildman–Crippen LogP) is 2.45. The van der Waals surface area contributed by atoms with E-state index in [1.165, 1.54) is 0 Å². The molecule has 0 saturated heterocycles. The molecule has 0 saturated carbocycles. The number of para-hydroxylation sites is 1. The molecule has 0 fully saturated rings. The molecular weight excluding hydrogens is 316 g/mol. The topological polar surface area (TPSA) is 49.9 Å². The molecule has 0 N–H and O–H groups in total. The van der Waals surface area contributed by atoms with Gasteiger partial charge in [0.05, 0.1) is 0 Å². The molecule has 0 radical (unpaired) electrons. The van der Waals surface area contributed by atoms with Gasteiger partial charge >= 0.3 is 0 Å². The fraction of sp³-hybridized carbons (Fsp3) is 0.300. The Morgan fingerprint density at radius 1 is 1.16 bits per heavy atom. The highest BCUT2D eigenvalue weighted by Crippen LogP contribution is 2.38. The molecular formula is C20H20N2O3. The highest BCUT2D eigenvalue weighted by molar-refractivity contribution is 6.02. The molecule has 1 atom stereocenters. The van der Waals surface area contributed by atoms with E-state index in [4.69, 9.17) is 4.74 Å². The lowest BCUT2D eigenvalue weighted by molar-refractivity contribution is -0.120. The quantitative estimate of drug-likeness (QED) is 0.846. The maximum Gasteiger partial charge on any atom is 0.253 e. The molecule has 2 aromatic rings. The molecule has 5 nitrogen and oxygen atoms in total. The summed E-state index contributed by atoms with van der Waals surface area (Å²) < 4.78 is 5.66. The van der Waals surface area contributed by atoms with E-state index in [1.54, 1.807) is 25.1 Å². The minimum Gasteiger partial charge on any atom is -0.492 e. The fourth-order valence-corrected chi connectivity index (χ4v) is 3.58. The molecule has 5 heteroatoms. The summed E-state index contributed by atoms with van der Waals surface area (Å²) in [6, 6.07) is 13.3. The Kier molecular flexibility index (Phi) is 3.71. The van der Waals surface area contributed by atoms with Crippen LogP contribution in [0.25, 0.3) is 0 Å². The lowest BCUT2D eigenvalue weighted by atomic mass is 9.99. The number of nitrogens with zero attached hydrogens (tertiary/aromatic N) is 2. The summed E-state index contributed by atoms with van der Waals surface area (Å²) in [5.41, 5.74) is 3.57. The van der Waals surface area contributed by atoms with Crippen molar-refractivity contribution in [2.45, 2.75) is 12.3 Å². The summed E-state index contributed by atoms with van der Waals surface area (Å²) in [6.45, 7) is 1.04. The zero-order valence-corrected chi connectivity index (χ0v) is 14.4. The van der Waals surface area contributed by atoms with Crippen LogP contribution in [-0.4, -0.2) is 44.0 Å². The number of ether oxygens (including phenoxy) is 1. The second-order valence-electron chi connectivity index (χ2n) is 6.68. The number of benzene rings is 2. The van der Waals surface area contributed by atoms with E-state index in [1.807, 2.05) is 41.3 Å². The summed E-state index contributed by atoms with van der Waals surface area (Å²) in [7, 11) is 3.48. The van der Waals surface area contributed by atoms with Crippen molar-refractivity contribution in [1.29, 1.82) is 0 Å². The Balaban J connectivity index is 1.61. The van der Waals surface area contributed by atoms with Gasteiger partial charge in [0, 0.05) is 37.5 Å². The van der Waals surface area contributed by atoms with E-state index in [9.17, 15) is 9.59 Å². The Hall–Kier alpha value is -2.82. The zero-order chi connectivity index (χ0) is 17.6. The molecule has 0 aliphatic carbocycles. The van der Waals surface area contributed by atoms with Crippen LogP contribution in [0.2, 0.25) is 0 Å². The summed E-state index contributed by atoms with van der Waals surface area (Å²) >= 11 is 0. The van der Waals surface area contributed by atoms with Gasteiger partial charge in [0.2, 0.25) is 5.91 Å². The van der Waals surface area contributed by atoms with Crippen LogP contribution in [0.4, 0.5) is 5.69 Å². The maximum atomic E-state index is 13.1. The van der Waals surface area contributed by atoms with Gasteiger partial charge in [0.25, 0.3) is 5.91 Å². The van der Waals surface area contributed by atoms with E-state index in [-0.39, 0.29) is 17.7 Å². The van der Waals surface area contributed by atoms with Crippen molar-refractivity contribution in [1.82, 2.24) is 4.90 Å². The molecule has 25 heavy (non-hydrogen) atoms. The molecule has 2 aliphatic heterocycles. The molecule has 2 amide bonds. The van der Waals surface area contributed by atoms with E-state index < -0.39 is 0 Å². The van der Waals surface area contributed by atoms with Gasteiger partial charge in [-0.1, -0.05) is 18.2 Å². The van der Waals surface area contributed by atoms with Crippen LogP contribution < -0.4 is 9.64 Å². The number of fused-ring (bicyclic) bond motifs is 2. The number of carbonyl (C=O) groups excluding carboxylic acids is 2. The summed E-state index contributed by atoms with van der Waals surface area (Å²) in [5, 5.41) is 0. The van der Waals surface area contributed by atoms with Crippen LogP contribution in [0.5, 0.6) is 5.75 Å². The average molecular weight is 336 g/mol. The predicted molar refractivity (Wildman–Crippen MR) is 95.2 cm³/mol. The van der Waals surface area contributed by atoms with Gasteiger partial charge in [-0.05, 0) is 36.2 Å². The van der Waals surface area contributed by atoms with E-state index in [2.05, 4.69) is 0 Å². The van der Waals surface area contributed by atoms with Crippen LogP contribution >= 0.6 is 0 Å². The van der Waals surface area contributed by atoms with E-state index >= 15 is 0 Å². The van der Waals surface area contributed by atoms with Gasteiger partial charge in [-0.3, -0.25) is 9.59 Å². The molecule has 128 valence electrons. The monoisotopic (exact) mass is 336 g/mol. The Labute approximate surface area is 146 Å². The van der Waals surface area contributed by atoms with Gasteiger partial charge < -0.3 is 14.5 Å². The number of amides is 2. The smallest absolute Gasteiger partial charge is 0.253 e. The molecule has 2 aliphatic rings. The second-order valence-corrected chi connectivity index (χ2v) is 6.68. The van der Waals surface area contributed by atoms with Crippen LogP contribution in [0, 0.1) is 0 Å². The van der Waals surface area contributed by atoms with Gasteiger partial charge in [0.15, 0.2) is 0 Å². The third-order valence-electron chi connectivity index (χ3n) is 4.89. The first-order chi connectivity index (χ1) is 12.1. The minimum absolute atomic E-state index is 0.0225. The SMILES string of the molecule is CN(C)C(=O)c1ccc2c(c1)CCN2C(=O)[C@@H]1COc2ccccc21. The Morgan fingerprint density at radius 3 is 2.76 bits per heavy atom. The van der Waals surface area contributed by atoms with Gasteiger partial charge in [-0.2, -0.15) is 0 Å². The lowest BCUT2D eigenvalue weighted by Crippen LogP contribution is -2.34. The third kappa shape index (κ3) is 2.56. The fourth-order valence-electron chi connectivity index (χ4n) is 3.58. The highest BCUT2D eigenvalue weighted by Gasteiger charge is 2.36. The summed E-state index contributed by atoms with van der Waals surface area (Å²) in [4.78, 5) is 28.6. The number of rotatable bonds is 2. The first-order valence-electron chi connectivity index (χ1n) is 8.44. The molecule has 0 aromatic heterocycles. The van der Waals surface area contributed by atoms with Crippen molar-refractivity contribution in [3.63, 3.8) is 0 Å². The third-order valence-corrected chi connectivity index (χ3v) is 4.89. The van der Waals surface area contributed by atoms with Crippen molar-refractivity contribution in [3.8, 4) is 5.75 Å². The minimum atomic E-state index is -0.259. The second kappa shape index (κ2) is 5.92. The van der Waals surface area contributed by atoms with Crippen LogP contribution in [0.1, 0.15) is 27.4 Å². The number of anilines is 1. The number of hydrogen-bond donors (Lipinski definition) is 0. The Morgan fingerprint density at radius 2 is 1.96 bits per heavy atom. The van der Waals surface area contributed by atoms with Crippen molar-refractivity contribution < 1.29 is 14.3 Å². The zero-order valence-electron chi connectivity index (χ0n) is 14.4. The van der Waals surface area contributed by atoms with Crippen molar-refractivity contribution in [2.24, 2.45) is 0 Å². The van der Waals surface area contributed by atoms with E-state index in [0.29, 0.717) is 18.7 Å². The molecule has 0 spiro atoms. The lowest BCUT2D eigenvalue weighted by Gasteiger charge is -2.21. The first-order valence-corrected chi connectivity index (χ1v) is 8.44. The van der Waals surface area contributed by atoms with Crippen molar-refractivity contribution in [2.75, 3.05) is 32.1 Å². The van der Waals surface area contributed by atoms with Crippen LogP contribution in [0.3, 0.4) is 0 Å². The largest absolute Gasteiger partial charge is 0.492 e. The molecule has 2 aromatic carbocycles. The van der Waals surface area contributed by atoms with Gasteiger partial charge in [0.1, 0.15) is 18.3 Å². The van der Waals surface area contributed by atoms with Gasteiger partial charge in [-0.15, -0.1) is 0 Å². The van der Waals surface area contributed by atoms with Crippen molar-refractivity contribution in [3.05, 3.63) is 59.2 Å². The average Bonchev–Trinajstić information content (AvgIpc) is 3.24. The van der Waals surface area contributed by atoms with Crippen molar-refractivity contribution >= 4 is 17.5 Å².